The molecule has 0 atom stereocenters. The number of nitrogens with zero attached hydrogens (tertiary/aromatic N) is 3. The van der Waals surface area contributed by atoms with Crippen LogP contribution in [0.2, 0.25) is 0 Å². The molecule has 1 fully saturated rings. The zero-order valence-corrected chi connectivity index (χ0v) is 9.33. The molecule has 0 amide bonds. The van der Waals surface area contributed by atoms with Crippen molar-refractivity contribution in [2.75, 3.05) is 18.0 Å². The molecule has 1 saturated heterocycles. The highest BCUT2D eigenvalue weighted by atomic mass is 16.5. The number of aromatic nitrogens is 2. The molecule has 1 aromatic heterocycles. The van der Waals surface area contributed by atoms with Gasteiger partial charge in [0.05, 0.1) is 0 Å². The Hall–Kier alpha value is -2.04. The fourth-order valence-electron chi connectivity index (χ4n) is 2.02. The van der Waals surface area contributed by atoms with Gasteiger partial charge in [0.25, 0.3) is 11.8 Å². The molecule has 5 nitrogen and oxygen atoms in total. The van der Waals surface area contributed by atoms with Gasteiger partial charge in [-0.25, -0.2) is 0 Å². The first kappa shape index (κ1) is 10.1. The number of phenols is 1. The Morgan fingerprint density at radius 1 is 1.24 bits per heavy atom. The summed E-state index contributed by atoms with van der Waals surface area (Å²) in [5, 5.41) is 13.4. The summed E-state index contributed by atoms with van der Waals surface area (Å²) in [5.41, 5.74) is 0.739. The maximum Gasteiger partial charge on any atom is 0.266 e. The average molecular weight is 231 g/mol. The lowest BCUT2D eigenvalue weighted by Gasteiger charge is -2.09. The summed E-state index contributed by atoms with van der Waals surface area (Å²) in [6.45, 7) is 1.97. The quantitative estimate of drug-likeness (QED) is 0.856. The first-order valence-electron chi connectivity index (χ1n) is 5.71. The Bertz CT molecular complexity index is 518. The van der Waals surface area contributed by atoms with Gasteiger partial charge in [-0.3, -0.25) is 0 Å². The zero-order chi connectivity index (χ0) is 11.7. The van der Waals surface area contributed by atoms with Gasteiger partial charge >= 0.3 is 0 Å². The van der Waals surface area contributed by atoms with E-state index in [1.807, 2.05) is 6.07 Å². The largest absolute Gasteiger partial charge is 0.508 e. The summed E-state index contributed by atoms with van der Waals surface area (Å²) >= 11 is 0. The SMILES string of the molecule is Oc1cccc(-c2nc(N3CCCC3)no2)c1. The van der Waals surface area contributed by atoms with Crippen LogP contribution in [0.5, 0.6) is 5.75 Å². The molecule has 88 valence electrons. The molecule has 17 heavy (non-hydrogen) atoms. The fourth-order valence-corrected chi connectivity index (χ4v) is 2.02. The lowest BCUT2D eigenvalue weighted by atomic mass is 10.2. The van der Waals surface area contributed by atoms with Crippen LogP contribution in [0, 0.1) is 0 Å². The van der Waals surface area contributed by atoms with Gasteiger partial charge in [0.15, 0.2) is 0 Å². The van der Waals surface area contributed by atoms with Crippen LogP contribution < -0.4 is 4.90 Å². The number of anilines is 1. The van der Waals surface area contributed by atoms with E-state index >= 15 is 0 Å². The number of phenolic OH excluding ortho intramolecular Hbond substituents is 1. The van der Waals surface area contributed by atoms with Crippen molar-refractivity contribution in [2.24, 2.45) is 0 Å². The Kier molecular flexibility index (Phi) is 2.44. The molecule has 5 heteroatoms. The highest BCUT2D eigenvalue weighted by molar-refractivity contribution is 5.56. The fraction of sp³-hybridized carbons (Fsp3) is 0.333. The molecule has 0 aliphatic carbocycles. The van der Waals surface area contributed by atoms with E-state index in [4.69, 9.17) is 4.52 Å². The highest BCUT2D eigenvalue weighted by Gasteiger charge is 2.18. The molecule has 0 unspecified atom stereocenters. The monoisotopic (exact) mass is 231 g/mol. The second kappa shape index (κ2) is 4.08. The number of benzene rings is 1. The molecule has 1 N–H and O–H groups in total. The molecule has 1 aromatic carbocycles. The minimum atomic E-state index is 0.198. The van der Waals surface area contributed by atoms with Crippen molar-refractivity contribution in [3.63, 3.8) is 0 Å². The summed E-state index contributed by atoms with van der Waals surface area (Å²) in [5.74, 6) is 1.28. The second-order valence-corrected chi connectivity index (χ2v) is 4.14. The molecule has 1 aliphatic heterocycles. The van der Waals surface area contributed by atoms with Crippen LogP contribution in [0.15, 0.2) is 28.8 Å². The number of aromatic hydroxyl groups is 1. The minimum Gasteiger partial charge on any atom is -0.508 e. The molecule has 3 rings (SSSR count). The van der Waals surface area contributed by atoms with E-state index in [1.54, 1.807) is 18.2 Å². The van der Waals surface area contributed by atoms with Gasteiger partial charge in [0.1, 0.15) is 5.75 Å². The average Bonchev–Trinajstić information content (AvgIpc) is 3.00. The van der Waals surface area contributed by atoms with Crippen LogP contribution in [0.4, 0.5) is 5.95 Å². The lowest BCUT2D eigenvalue weighted by molar-refractivity contribution is 0.429. The van der Waals surface area contributed by atoms with Crippen molar-refractivity contribution < 1.29 is 9.63 Å². The predicted molar refractivity (Wildman–Crippen MR) is 62.8 cm³/mol. The molecule has 0 radical (unpaired) electrons. The molecule has 0 spiro atoms. The maximum atomic E-state index is 9.39. The van der Waals surface area contributed by atoms with E-state index in [0.717, 1.165) is 18.7 Å². The molecular formula is C12H13N3O2. The Labute approximate surface area is 98.7 Å². The van der Waals surface area contributed by atoms with Crippen LogP contribution in [-0.4, -0.2) is 28.3 Å². The third-order valence-corrected chi connectivity index (χ3v) is 2.90. The third-order valence-electron chi connectivity index (χ3n) is 2.90. The van der Waals surface area contributed by atoms with Crippen molar-refractivity contribution in [3.8, 4) is 17.2 Å². The summed E-state index contributed by atoms with van der Waals surface area (Å²) in [7, 11) is 0. The van der Waals surface area contributed by atoms with Gasteiger partial charge in [0, 0.05) is 18.7 Å². The zero-order valence-electron chi connectivity index (χ0n) is 9.33. The van der Waals surface area contributed by atoms with Gasteiger partial charge < -0.3 is 14.5 Å². The van der Waals surface area contributed by atoms with Crippen molar-refractivity contribution >= 4 is 5.95 Å². The van der Waals surface area contributed by atoms with E-state index in [-0.39, 0.29) is 5.75 Å². The highest BCUT2D eigenvalue weighted by Crippen LogP contribution is 2.24. The lowest BCUT2D eigenvalue weighted by Crippen LogP contribution is -2.18. The van der Waals surface area contributed by atoms with Gasteiger partial charge in [-0.1, -0.05) is 6.07 Å². The third kappa shape index (κ3) is 1.95. The smallest absolute Gasteiger partial charge is 0.266 e. The van der Waals surface area contributed by atoms with E-state index in [0.29, 0.717) is 11.8 Å². The standard InChI is InChI=1S/C12H13N3O2/c16-10-5-3-4-9(8-10)11-13-12(14-17-11)15-6-1-2-7-15/h3-5,8,16H,1-2,6-7H2. The molecular weight excluding hydrogens is 218 g/mol. The maximum absolute atomic E-state index is 9.39. The van der Waals surface area contributed by atoms with Gasteiger partial charge in [0.2, 0.25) is 0 Å². The topological polar surface area (TPSA) is 62.4 Å². The second-order valence-electron chi connectivity index (χ2n) is 4.14. The van der Waals surface area contributed by atoms with E-state index in [2.05, 4.69) is 15.0 Å². The van der Waals surface area contributed by atoms with Crippen molar-refractivity contribution in [1.82, 2.24) is 10.1 Å². The van der Waals surface area contributed by atoms with Crippen LogP contribution in [0.1, 0.15) is 12.8 Å². The van der Waals surface area contributed by atoms with Crippen LogP contribution >= 0.6 is 0 Å². The van der Waals surface area contributed by atoms with Crippen molar-refractivity contribution in [1.29, 1.82) is 0 Å². The Balaban J connectivity index is 1.89. The normalized spacial score (nSPS) is 15.4. The molecule has 2 aromatic rings. The van der Waals surface area contributed by atoms with Gasteiger partial charge in [-0.05, 0) is 36.2 Å². The van der Waals surface area contributed by atoms with Gasteiger partial charge in [-0.15, -0.1) is 0 Å². The van der Waals surface area contributed by atoms with E-state index in [1.165, 1.54) is 12.8 Å². The number of hydrogen-bond donors (Lipinski definition) is 1. The number of rotatable bonds is 2. The summed E-state index contributed by atoms with van der Waals surface area (Å²) < 4.78 is 5.20. The summed E-state index contributed by atoms with van der Waals surface area (Å²) in [6, 6.07) is 6.81. The van der Waals surface area contributed by atoms with Crippen molar-refractivity contribution in [2.45, 2.75) is 12.8 Å². The molecule has 1 aliphatic rings. The molecule has 0 saturated carbocycles. The Morgan fingerprint density at radius 3 is 2.82 bits per heavy atom. The van der Waals surface area contributed by atoms with E-state index in [9.17, 15) is 5.11 Å². The van der Waals surface area contributed by atoms with Crippen LogP contribution in [0.25, 0.3) is 11.5 Å². The van der Waals surface area contributed by atoms with E-state index < -0.39 is 0 Å². The molecule has 2 heterocycles. The first-order chi connectivity index (χ1) is 8.33. The predicted octanol–water partition coefficient (Wildman–Crippen LogP) is 2.04. The van der Waals surface area contributed by atoms with Crippen molar-refractivity contribution in [3.05, 3.63) is 24.3 Å². The minimum absolute atomic E-state index is 0.198. The Morgan fingerprint density at radius 2 is 2.06 bits per heavy atom. The summed E-state index contributed by atoms with van der Waals surface area (Å²) in [4.78, 5) is 6.45. The summed E-state index contributed by atoms with van der Waals surface area (Å²) in [6.07, 6.45) is 2.35. The number of hydrogen-bond acceptors (Lipinski definition) is 5. The molecule has 0 bridgehead atoms. The first-order valence-corrected chi connectivity index (χ1v) is 5.71. The van der Waals surface area contributed by atoms with Crippen LogP contribution in [-0.2, 0) is 0 Å². The van der Waals surface area contributed by atoms with Crippen LogP contribution in [0.3, 0.4) is 0 Å². The van der Waals surface area contributed by atoms with Gasteiger partial charge in [-0.2, -0.15) is 4.98 Å².